The smallest absolute Gasteiger partial charge is 0.191 e. The third-order valence-electron chi connectivity index (χ3n) is 6.32. The van der Waals surface area contributed by atoms with Gasteiger partial charge in [-0.05, 0) is 37.7 Å². The Morgan fingerprint density at radius 1 is 1.17 bits per heavy atom. The number of nitrogens with one attached hydrogen (secondary N) is 2. The first-order valence-corrected chi connectivity index (χ1v) is 11.6. The maximum absolute atomic E-state index is 4.84. The van der Waals surface area contributed by atoms with Crippen molar-refractivity contribution in [1.29, 1.82) is 0 Å². The number of aliphatic imine (C=N–C) groups is 1. The van der Waals surface area contributed by atoms with Crippen molar-refractivity contribution in [3.8, 4) is 0 Å². The summed E-state index contributed by atoms with van der Waals surface area (Å²) in [7, 11) is 0. The molecule has 4 rings (SSSR count). The number of nitrogens with zero attached hydrogens (tertiary/aromatic N) is 4. The molecule has 30 heavy (non-hydrogen) atoms. The quantitative estimate of drug-likeness (QED) is 0.520. The third kappa shape index (κ3) is 5.85. The molecule has 6 heteroatoms. The summed E-state index contributed by atoms with van der Waals surface area (Å²) in [5.41, 5.74) is 1.28. The molecule has 0 bridgehead atoms. The van der Waals surface area contributed by atoms with Crippen molar-refractivity contribution in [3.05, 3.63) is 54.1 Å². The molecule has 2 aromatic rings. The number of aromatic nitrogens is 2. The molecule has 1 aliphatic heterocycles. The number of hydrogen-bond acceptors (Lipinski definition) is 3. The SMILES string of the molecule is CCNC(=NCc1nccn1Cc1ccccc1)NC1CCN(CC2CCCC2)C1. The van der Waals surface area contributed by atoms with Crippen molar-refractivity contribution < 1.29 is 0 Å². The molecule has 6 nitrogen and oxygen atoms in total. The largest absolute Gasteiger partial charge is 0.357 e. The van der Waals surface area contributed by atoms with Gasteiger partial charge in [0.1, 0.15) is 12.4 Å². The molecule has 0 spiro atoms. The van der Waals surface area contributed by atoms with Crippen LogP contribution in [0.15, 0.2) is 47.7 Å². The summed E-state index contributed by atoms with van der Waals surface area (Å²) in [5, 5.41) is 7.08. The maximum Gasteiger partial charge on any atom is 0.191 e. The van der Waals surface area contributed by atoms with Gasteiger partial charge in [-0.1, -0.05) is 43.2 Å². The fourth-order valence-corrected chi connectivity index (χ4v) is 4.75. The lowest BCUT2D eigenvalue weighted by Gasteiger charge is -2.21. The Kier molecular flexibility index (Phi) is 7.40. The molecule has 0 amide bonds. The van der Waals surface area contributed by atoms with Crippen LogP contribution in [0.4, 0.5) is 0 Å². The predicted molar refractivity (Wildman–Crippen MR) is 123 cm³/mol. The highest BCUT2D eigenvalue weighted by atomic mass is 15.2. The summed E-state index contributed by atoms with van der Waals surface area (Å²) < 4.78 is 2.18. The second kappa shape index (κ2) is 10.6. The lowest BCUT2D eigenvalue weighted by atomic mass is 10.1. The first-order chi connectivity index (χ1) is 14.8. The van der Waals surface area contributed by atoms with Crippen molar-refractivity contribution in [1.82, 2.24) is 25.1 Å². The molecular formula is C24H36N6. The van der Waals surface area contributed by atoms with Gasteiger partial charge >= 0.3 is 0 Å². The Labute approximate surface area is 180 Å². The van der Waals surface area contributed by atoms with Crippen molar-refractivity contribution in [2.24, 2.45) is 10.9 Å². The van der Waals surface area contributed by atoms with Gasteiger partial charge in [0.05, 0.1) is 0 Å². The van der Waals surface area contributed by atoms with E-state index in [-0.39, 0.29) is 0 Å². The van der Waals surface area contributed by atoms with Gasteiger partial charge in [0.2, 0.25) is 0 Å². The Hall–Kier alpha value is -2.34. The van der Waals surface area contributed by atoms with Gasteiger partial charge in [0, 0.05) is 51.2 Å². The second-order valence-corrected chi connectivity index (χ2v) is 8.69. The van der Waals surface area contributed by atoms with E-state index in [4.69, 9.17) is 4.99 Å². The highest BCUT2D eigenvalue weighted by Gasteiger charge is 2.26. The molecule has 2 aliphatic rings. The Morgan fingerprint density at radius 3 is 2.80 bits per heavy atom. The van der Waals surface area contributed by atoms with Crippen LogP contribution < -0.4 is 10.6 Å². The normalized spacial score (nSPS) is 20.7. The van der Waals surface area contributed by atoms with Crippen LogP contribution in [-0.4, -0.2) is 52.6 Å². The van der Waals surface area contributed by atoms with Gasteiger partial charge in [-0.25, -0.2) is 9.98 Å². The fourth-order valence-electron chi connectivity index (χ4n) is 4.75. The number of guanidine groups is 1. The van der Waals surface area contributed by atoms with Gasteiger partial charge in [0.25, 0.3) is 0 Å². The Morgan fingerprint density at radius 2 is 2.00 bits per heavy atom. The van der Waals surface area contributed by atoms with Crippen LogP contribution in [0, 0.1) is 5.92 Å². The van der Waals surface area contributed by atoms with E-state index in [9.17, 15) is 0 Å². The van der Waals surface area contributed by atoms with Gasteiger partial charge in [-0.2, -0.15) is 0 Å². The zero-order chi connectivity index (χ0) is 20.6. The summed E-state index contributed by atoms with van der Waals surface area (Å²) >= 11 is 0. The summed E-state index contributed by atoms with van der Waals surface area (Å²) in [6.07, 6.45) is 10.8. The van der Waals surface area contributed by atoms with Crippen LogP contribution in [0.25, 0.3) is 0 Å². The van der Waals surface area contributed by atoms with Crippen molar-refractivity contribution in [2.45, 2.75) is 58.2 Å². The van der Waals surface area contributed by atoms with Crippen LogP contribution in [0.2, 0.25) is 0 Å². The Bertz CT molecular complexity index is 793. The molecule has 1 aliphatic carbocycles. The maximum atomic E-state index is 4.84. The first-order valence-electron chi connectivity index (χ1n) is 11.6. The van der Waals surface area contributed by atoms with Crippen LogP contribution in [0.5, 0.6) is 0 Å². The highest BCUT2D eigenvalue weighted by molar-refractivity contribution is 5.80. The molecule has 1 saturated heterocycles. The van der Waals surface area contributed by atoms with Crippen LogP contribution in [0.1, 0.15) is 50.4 Å². The number of rotatable bonds is 8. The van der Waals surface area contributed by atoms with E-state index in [2.05, 4.69) is 62.3 Å². The minimum atomic E-state index is 0.480. The lowest BCUT2D eigenvalue weighted by molar-refractivity contribution is 0.275. The van der Waals surface area contributed by atoms with E-state index in [1.165, 1.54) is 50.8 Å². The molecule has 162 valence electrons. The van der Waals surface area contributed by atoms with Crippen LogP contribution in [-0.2, 0) is 13.1 Å². The monoisotopic (exact) mass is 408 g/mol. The zero-order valence-corrected chi connectivity index (χ0v) is 18.3. The summed E-state index contributed by atoms with van der Waals surface area (Å²) in [5.74, 6) is 2.82. The minimum absolute atomic E-state index is 0.480. The average Bonchev–Trinajstić information content (AvgIpc) is 3.51. The molecule has 1 aromatic heterocycles. The number of likely N-dealkylation sites (tertiary alicyclic amines) is 1. The van der Waals surface area contributed by atoms with Crippen LogP contribution in [0.3, 0.4) is 0 Å². The Balaban J connectivity index is 1.31. The molecular weight excluding hydrogens is 372 g/mol. The van der Waals surface area contributed by atoms with E-state index >= 15 is 0 Å². The highest BCUT2D eigenvalue weighted by Crippen LogP contribution is 2.26. The first kappa shape index (κ1) is 20.9. The summed E-state index contributed by atoms with van der Waals surface area (Å²) in [4.78, 5) is 12.0. The second-order valence-electron chi connectivity index (χ2n) is 8.69. The zero-order valence-electron chi connectivity index (χ0n) is 18.3. The van der Waals surface area contributed by atoms with Crippen LogP contribution >= 0.6 is 0 Å². The van der Waals surface area contributed by atoms with Crippen molar-refractivity contribution in [3.63, 3.8) is 0 Å². The topological polar surface area (TPSA) is 57.5 Å². The summed E-state index contributed by atoms with van der Waals surface area (Å²) in [6, 6.07) is 11.0. The number of hydrogen-bond donors (Lipinski definition) is 2. The molecule has 2 heterocycles. The number of imidazole rings is 1. The summed E-state index contributed by atoms with van der Waals surface area (Å²) in [6.45, 7) is 8.00. The number of benzene rings is 1. The van der Waals surface area contributed by atoms with E-state index in [1.807, 2.05) is 12.4 Å². The standard InChI is InChI=1S/C24H36N6/c1-2-25-24(28-22-12-14-29(19-22)17-20-10-6-7-11-20)27-16-23-26-13-15-30(23)18-21-8-4-3-5-9-21/h3-5,8-9,13,15,20,22H,2,6-7,10-12,14,16-19H2,1H3,(H2,25,27,28). The molecule has 2 N–H and O–H groups in total. The van der Waals surface area contributed by atoms with Gasteiger partial charge in [-0.3, -0.25) is 0 Å². The molecule has 1 atom stereocenters. The van der Waals surface area contributed by atoms with Crippen molar-refractivity contribution in [2.75, 3.05) is 26.2 Å². The molecule has 0 radical (unpaired) electrons. The molecule has 2 fully saturated rings. The van der Waals surface area contributed by atoms with E-state index in [0.717, 1.165) is 37.3 Å². The average molecular weight is 409 g/mol. The lowest BCUT2D eigenvalue weighted by Crippen LogP contribution is -2.44. The third-order valence-corrected chi connectivity index (χ3v) is 6.32. The van der Waals surface area contributed by atoms with Gasteiger partial charge in [0.15, 0.2) is 5.96 Å². The van der Waals surface area contributed by atoms with E-state index in [1.54, 1.807) is 0 Å². The predicted octanol–water partition coefficient (Wildman–Crippen LogP) is 3.25. The van der Waals surface area contributed by atoms with E-state index in [0.29, 0.717) is 12.6 Å². The van der Waals surface area contributed by atoms with Crippen molar-refractivity contribution >= 4 is 5.96 Å². The fraction of sp³-hybridized carbons (Fsp3) is 0.583. The molecule has 1 aromatic carbocycles. The molecule has 1 unspecified atom stereocenters. The molecule has 1 saturated carbocycles. The minimum Gasteiger partial charge on any atom is -0.357 e. The van der Waals surface area contributed by atoms with Gasteiger partial charge in [-0.15, -0.1) is 0 Å². The van der Waals surface area contributed by atoms with Gasteiger partial charge < -0.3 is 20.1 Å². The van der Waals surface area contributed by atoms with E-state index < -0.39 is 0 Å².